The van der Waals surface area contributed by atoms with E-state index in [1.54, 1.807) is 6.07 Å². The first kappa shape index (κ1) is 25.7. The third kappa shape index (κ3) is 5.33. The number of carbonyl (C=O) groups is 3. The van der Waals surface area contributed by atoms with Crippen LogP contribution in [0.4, 0.5) is 15.2 Å². The number of hydrogen-bond acceptors (Lipinski definition) is 8. The number of benzene rings is 1. The summed E-state index contributed by atoms with van der Waals surface area (Å²) in [6.45, 7) is 4.58. The zero-order valence-electron chi connectivity index (χ0n) is 21.9. The van der Waals surface area contributed by atoms with Gasteiger partial charge in [-0.1, -0.05) is 12.2 Å². The topological polar surface area (TPSA) is 89.1 Å². The summed E-state index contributed by atoms with van der Waals surface area (Å²) in [4.78, 5) is 52.2. The van der Waals surface area contributed by atoms with Crippen LogP contribution in [-0.2, 0) is 22.6 Å². The van der Waals surface area contributed by atoms with E-state index in [0.717, 1.165) is 35.7 Å². The summed E-state index contributed by atoms with van der Waals surface area (Å²) in [6, 6.07) is 4.25. The molecule has 1 atom stereocenters. The zero-order chi connectivity index (χ0) is 27.1. The van der Waals surface area contributed by atoms with Crippen molar-refractivity contribution in [1.29, 1.82) is 0 Å². The first-order valence-corrected chi connectivity index (χ1v) is 14.1. The number of nitrogens with zero attached hydrogens (tertiary/aromatic N) is 5. The molecule has 11 heteroatoms. The normalized spacial score (nSPS) is 21.1. The molecule has 2 amide bonds. The highest BCUT2D eigenvalue weighted by molar-refractivity contribution is 7.15. The van der Waals surface area contributed by atoms with Gasteiger partial charge in [-0.15, -0.1) is 11.3 Å². The molecule has 1 fully saturated rings. The van der Waals surface area contributed by atoms with Gasteiger partial charge in [-0.3, -0.25) is 19.7 Å². The fourth-order valence-corrected chi connectivity index (χ4v) is 6.76. The number of amides is 2. The highest BCUT2D eigenvalue weighted by Gasteiger charge is 2.32. The molecule has 0 spiro atoms. The molecule has 3 aliphatic heterocycles. The Morgan fingerprint density at radius 3 is 2.79 bits per heavy atom. The number of anilines is 2. The second kappa shape index (κ2) is 10.5. The number of fused-ring (bicyclic) bond motifs is 2. The number of likely N-dealkylation sites (N-methyl/N-ethyl adjacent to an activating group) is 1. The van der Waals surface area contributed by atoms with Gasteiger partial charge in [0.25, 0.3) is 5.91 Å². The van der Waals surface area contributed by atoms with E-state index in [1.165, 1.54) is 23.5 Å². The third-order valence-electron chi connectivity index (χ3n) is 7.83. The van der Waals surface area contributed by atoms with E-state index in [0.29, 0.717) is 50.0 Å². The molecule has 1 N–H and O–H groups in total. The molecule has 4 aliphatic rings. The van der Waals surface area contributed by atoms with Crippen molar-refractivity contribution in [2.45, 2.75) is 19.4 Å². The van der Waals surface area contributed by atoms with E-state index in [4.69, 9.17) is 0 Å². The lowest BCUT2D eigenvalue weighted by Gasteiger charge is -2.37. The number of hydrogen-bond donors (Lipinski definition) is 1. The number of ketones is 1. The van der Waals surface area contributed by atoms with Gasteiger partial charge in [-0.25, -0.2) is 9.37 Å². The number of carbonyl (C=O) groups excluding carboxylic acids is 3. The van der Waals surface area contributed by atoms with Crippen LogP contribution in [0, 0.1) is 11.7 Å². The molecule has 1 unspecified atom stereocenters. The maximum absolute atomic E-state index is 14.2. The quantitative estimate of drug-likeness (QED) is 0.612. The van der Waals surface area contributed by atoms with Crippen LogP contribution in [0.2, 0.25) is 0 Å². The molecular weight excluding hydrogens is 519 g/mol. The Bertz CT molecular complexity index is 1380. The van der Waals surface area contributed by atoms with Gasteiger partial charge in [0.05, 0.1) is 23.7 Å². The van der Waals surface area contributed by atoms with Crippen LogP contribution in [-0.4, -0.2) is 90.1 Å². The number of thiazole rings is 1. The van der Waals surface area contributed by atoms with Gasteiger partial charge in [0.2, 0.25) is 5.91 Å². The highest BCUT2D eigenvalue weighted by atomic mass is 32.1. The summed E-state index contributed by atoms with van der Waals surface area (Å²) in [6.07, 6.45) is 7.08. The number of allylic oxidation sites excluding steroid dienone is 2. The van der Waals surface area contributed by atoms with Crippen LogP contribution in [0.1, 0.15) is 27.3 Å². The van der Waals surface area contributed by atoms with E-state index < -0.39 is 11.7 Å². The number of nitrogens with one attached hydrogen (secondary N) is 1. The summed E-state index contributed by atoms with van der Waals surface area (Å²) in [5.41, 5.74) is 2.89. The molecule has 204 valence electrons. The standard InChI is InChI=1S/C28H31FN6O3S/c1-32-8-7-22-25(16-32)39-28(30-22)31-27(38)20-13-19(29)5-6-23(20)34-9-11-35(12-10-34)26(37)17-33-14-18-3-2-4-24(36)21(18)15-33/h2-3,5-6,13-14,21H,4,7-12,15-17H2,1H3,(H,30,31,38). The average Bonchev–Trinajstić information content (AvgIpc) is 3.52. The smallest absolute Gasteiger partial charge is 0.259 e. The summed E-state index contributed by atoms with van der Waals surface area (Å²) in [5.74, 6) is -0.787. The van der Waals surface area contributed by atoms with Gasteiger partial charge in [0.1, 0.15) is 11.6 Å². The van der Waals surface area contributed by atoms with E-state index in [1.807, 2.05) is 33.1 Å². The minimum atomic E-state index is -0.480. The van der Waals surface area contributed by atoms with Gasteiger partial charge < -0.3 is 19.6 Å². The molecule has 9 nitrogen and oxygen atoms in total. The summed E-state index contributed by atoms with van der Waals surface area (Å²) in [7, 11) is 2.06. The van der Waals surface area contributed by atoms with Gasteiger partial charge >= 0.3 is 0 Å². The lowest BCUT2D eigenvalue weighted by atomic mass is 9.90. The molecule has 0 saturated carbocycles. The second-order valence-electron chi connectivity index (χ2n) is 10.5. The Labute approximate surface area is 230 Å². The van der Waals surface area contributed by atoms with Crippen molar-refractivity contribution in [3.05, 3.63) is 64.1 Å². The molecule has 6 rings (SSSR count). The van der Waals surface area contributed by atoms with E-state index in [2.05, 4.69) is 22.2 Å². The van der Waals surface area contributed by atoms with Crippen molar-refractivity contribution < 1.29 is 18.8 Å². The largest absolute Gasteiger partial charge is 0.367 e. The Morgan fingerprint density at radius 1 is 1.18 bits per heavy atom. The molecular formula is C28H31FN6O3S. The lowest BCUT2D eigenvalue weighted by Crippen LogP contribution is -2.51. The minimum Gasteiger partial charge on any atom is -0.367 e. The fraction of sp³-hybridized carbons (Fsp3) is 0.429. The maximum Gasteiger partial charge on any atom is 0.259 e. The van der Waals surface area contributed by atoms with E-state index >= 15 is 0 Å². The Morgan fingerprint density at radius 2 is 2.00 bits per heavy atom. The van der Waals surface area contributed by atoms with Crippen LogP contribution in [0.3, 0.4) is 0 Å². The first-order chi connectivity index (χ1) is 18.8. The Kier molecular flexibility index (Phi) is 6.94. The molecule has 4 heterocycles. The zero-order valence-corrected chi connectivity index (χ0v) is 22.7. The van der Waals surface area contributed by atoms with Crippen molar-refractivity contribution in [3.8, 4) is 0 Å². The summed E-state index contributed by atoms with van der Waals surface area (Å²) >= 11 is 1.46. The first-order valence-electron chi connectivity index (χ1n) is 13.3. The number of piperazine rings is 1. The molecule has 39 heavy (non-hydrogen) atoms. The predicted octanol–water partition coefficient (Wildman–Crippen LogP) is 2.52. The molecule has 1 aliphatic carbocycles. The third-order valence-corrected chi connectivity index (χ3v) is 8.82. The van der Waals surface area contributed by atoms with Crippen molar-refractivity contribution in [2.24, 2.45) is 5.92 Å². The summed E-state index contributed by atoms with van der Waals surface area (Å²) < 4.78 is 14.2. The second-order valence-corrected chi connectivity index (χ2v) is 11.6. The van der Waals surface area contributed by atoms with Gasteiger partial charge in [0.15, 0.2) is 5.13 Å². The van der Waals surface area contributed by atoms with Gasteiger partial charge in [-0.2, -0.15) is 0 Å². The fourth-order valence-electron chi connectivity index (χ4n) is 5.68. The van der Waals surface area contributed by atoms with Crippen LogP contribution in [0.5, 0.6) is 0 Å². The van der Waals surface area contributed by atoms with Crippen LogP contribution < -0.4 is 10.2 Å². The van der Waals surface area contributed by atoms with Crippen LogP contribution in [0.25, 0.3) is 0 Å². The number of aromatic nitrogens is 1. The van der Waals surface area contributed by atoms with Gasteiger partial charge in [0, 0.05) is 75.4 Å². The molecule has 0 radical (unpaired) electrons. The SMILES string of the molecule is CN1CCc2nc(NC(=O)c3cc(F)ccc3N3CCN(C(=O)CN4C=C5C=CCC(=O)C5C4)CC3)sc2C1. The van der Waals surface area contributed by atoms with Crippen molar-refractivity contribution in [3.63, 3.8) is 0 Å². The minimum absolute atomic E-state index is 0.0111. The monoisotopic (exact) mass is 550 g/mol. The molecule has 0 bridgehead atoms. The lowest BCUT2D eigenvalue weighted by molar-refractivity contribution is -0.132. The van der Waals surface area contributed by atoms with Gasteiger partial charge in [-0.05, 0) is 30.8 Å². The van der Waals surface area contributed by atoms with E-state index in [9.17, 15) is 18.8 Å². The summed E-state index contributed by atoms with van der Waals surface area (Å²) in [5, 5.41) is 3.41. The molecule has 1 aromatic heterocycles. The maximum atomic E-state index is 14.2. The number of Topliss-reactive ketones (excluding diaryl/α,β-unsaturated/α-hetero) is 1. The van der Waals surface area contributed by atoms with Crippen LogP contribution >= 0.6 is 11.3 Å². The number of rotatable bonds is 5. The number of halogens is 1. The Balaban J connectivity index is 1.08. The average molecular weight is 551 g/mol. The highest BCUT2D eigenvalue weighted by Crippen LogP contribution is 2.31. The Hall–Kier alpha value is -3.57. The molecule has 1 saturated heterocycles. The molecule has 1 aromatic carbocycles. The predicted molar refractivity (Wildman–Crippen MR) is 147 cm³/mol. The van der Waals surface area contributed by atoms with E-state index in [-0.39, 0.29) is 29.7 Å². The van der Waals surface area contributed by atoms with Crippen molar-refractivity contribution in [1.82, 2.24) is 19.7 Å². The van der Waals surface area contributed by atoms with Crippen LogP contribution in [0.15, 0.2) is 42.1 Å². The van der Waals surface area contributed by atoms with Crippen molar-refractivity contribution >= 4 is 39.8 Å². The molecule has 2 aromatic rings. The van der Waals surface area contributed by atoms with Crippen molar-refractivity contribution in [2.75, 3.05) is 63.1 Å².